The Morgan fingerprint density at radius 2 is 1.38 bits per heavy atom. The lowest BCUT2D eigenvalue weighted by Gasteiger charge is -2.46. The topological polar surface area (TPSA) is 92.7 Å². The molecule has 1 aliphatic carbocycles. The van der Waals surface area contributed by atoms with Crippen molar-refractivity contribution in [3.63, 3.8) is 0 Å². The van der Waals surface area contributed by atoms with E-state index in [2.05, 4.69) is 10.1 Å². The molecule has 6 nitrogen and oxygen atoms in total. The zero-order valence-corrected chi connectivity index (χ0v) is 25.5. The lowest BCUT2D eigenvalue weighted by atomic mass is 9.69. The first-order valence-corrected chi connectivity index (χ1v) is 15.4. The number of benzene rings is 3. The third-order valence-corrected chi connectivity index (χ3v) is 10.5. The molecule has 3 aromatic carbocycles. The maximum Gasteiger partial charge on any atom is 0.430 e. The number of hydrogen-bond donors (Lipinski definition) is 2. The molecular formula is C31H28F9NO5S. The van der Waals surface area contributed by atoms with Gasteiger partial charge in [-0.25, -0.2) is 21.6 Å². The van der Waals surface area contributed by atoms with Gasteiger partial charge in [-0.05, 0) is 68.7 Å². The van der Waals surface area contributed by atoms with E-state index < -0.39 is 103 Å². The quantitative estimate of drug-likeness (QED) is 0.184. The van der Waals surface area contributed by atoms with E-state index in [1.165, 1.54) is 13.8 Å². The van der Waals surface area contributed by atoms with Crippen molar-refractivity contribution in [1.82, 2.24) is 5.32 Å². The van der Waals surface area contributed by atoms with Crippen molar-refractivity contribution in [2.45, 2.75) is 66.5 Å². The summed E-state index contributed by atoms with van der Waals surface area (Å²) in [4.78, 5) is 12.3. The zero-order chi connectivity index (χ0) is 35.2. The van der Waals surface area contributed by atoms with Crippen molar-refractivity contribution in [1.29, 1.82) is 0 Å². The van der Waals surface area contributed by atoms with Crippen LogP contribution in [0.25, 0.3) is 0 Å². The molecule has 256 valence electrons. The normalized spacial score (nSPS) is 19.3. The van der Waals surface area contributed by atoms with Gasteiger partial charge in [0.1, 0.15) is 22.2 Å². The van der Waals surface area contributed by atoms with E-state index in [1.807, 2.05) is 0 Å². The summed E-state index contributed by atoms with van der Waals surface area (Å²) in [6, 6.07) is 7.74. The van der Waals surface area contributed by atoms with Crippen LogP contribution in [0, 0.1) is 23.4 Å². The Bertz CT molecular complexity index is 1680. The summed E-state index contributed by atoms with van der Waals surface area (Å²) < 4.78 is 158. The standard InChI is InChI=1S/C31H28F9NO5S/c1-27(2,43)17-41-26(42)18-14-28(15-18,47(44,45)22-12-10-21(32)11-13-22)19-6-8-20(9-7-19)29(30(35,36)37,31(38,39)40)46-16-23-24(33)4-3-5-25(23)34/h3-13,18,43H,14-17H2,1-2H3,(H,41,42)/t18-,28+. The van der Waals surface area contributed by atoms with Crippen LogP contribution in [0.3, 0.4) is 0 Å². The number of carbonyl (C=O) groups excluding carboxylic acids is 1. The number of hydrogen-bond acceptors (Lipinski definition) is 5. The van der Waals surface area contributed by atoms with Crippen molar-refractivity contribution >= 4 is 15.7 Å². The number of alkyl halides is 6. The molecule has 1 amide bonds. The SMILES string of the molecule is CC(C)(O)CNC(=O)[C@H]1C[C@@](c2ccc(C(OCc3c(F)cccc3F)(C(F)(F)F)C(F)(F)F)cc2)(S(=O)(=O)c2ccc(F)cc2)C1. The summed E-state index contributed by atoms with van der Waals surface area (Å²) in [5, 5.41) is 12.4. The van der Waals surface area contributed by atoms with Crippen molar-refractivity contribution in [3.8, 4) is 0 Å². The third-order valence-electron chi connectivity index (χ3n) is 7.97. The van der Waals surface area contributed by atoms with Gasteiger partial charge in [-0.2, -0.15) is 26.3 Å². The number of nitrogens with one attached hydrogen (secondary N) is 1. The van der Waals surface area contributed by atoms with Crippen molar-refractivity contribution in [2.75, 3.05) is 6.54 Å². The second-order valence-electron chi connectivity index (χ2n) is 11.8. The van der Waals surface area contributed by atoms with Gasteiger partial charge in [-0.1, -0.05) is 30.3 Å². The van der Waals surface area contributed by atoms with Crippen molar-refractivity contribution in [3.05, 3.63) is 101 Å². The fourth-order valence-electron chi connectivity index (χ4n) is 5.41. The molecule has 0 atom stereocenters. The Morgan fingerprint density at radius 3 is 1.85 bits per heavy atom. The van der Waals surface area contributed by atoms with E-state index in [1.54, 1.807) is 0 Å². The minimum atomic E-state index is -6.23. The van der Waals surface area contributed by atoms with Gasteiger partial charge in [0.05, 0.1) is 17.1 Å². The Labute approximate surface area is 263 Å². The van der Waals surface area contributed by atoms with Gasteiger partial charge in [0.2, 0.25) is 5.91 Å². The summed E-state index contributed by atoms with van der Waals surface area (Å²) in [7, 11) is -4.56. The molecule has 0 unspecified atom stereocenters. The fourth-order valence-corrected chi connectivity index (χ4v) is 7.65. The summed E-state index contributed by atoms with van der Waals surface area (Å²) >= 11 is 0. The van der Waals surface area contributed by atoms with Gasteiger partial charge in [-0.3, -0.25) is 4.79 Å². The third kappa shape index (κ3) is 6.72. The molecule has 0 heterocycles. The molecule has 47 heavy (non-hydrogen) atoms. The number of aliphatic hydroxyl groups is 1. The predicted octanol–water partition coefficient (Wildman–Crippen LogP) is 6.61. The van der Waals surface area contributed by atoms with Crippen LogP contribution in [0.1, 0.15) is 43.4 Å². The molecular weight excluding hydrogens is 669 g/mol. The Hall–Kier alpha value is -3.63. The predicted molar refractivity (Wildman–Crippen MR) is 149 cm³/mol. The van der Waals surface area contributed by atoms with Gasteiger partial charge in [0, 0.05) is 23.6 Å². The highest BCUT2D eigenvalue weighted by Gasteiger charge is 2.73. The fraction of sp³-hybridized carbons (Fsp3) is 0.387. The van der Waals surface area contributed by atoms with Gasteiger partial charge in [-0.15, -0.1) is 0 Å². The van der Waals surface area contributed by atoms with Crippen LogP contribution >= 0.6 is 0 Å². The monoisotopic (exact) mass is 697 g/mol. The maximum atomic E-state index is 14.4. The number of halogens is 9. The molecule has 0 bridgehead atoms. The largest absolute Gasteiger partial charge is 0.430 e. The number of ether oxygens (including phenoxy) is 1. The zero-order valence-electron chi connectivity index (χ0n) is 24.6. The first-order chi connectivity index (χ1) is 21.6. The first-order valence-electron chi connectivity index (χ1n) is 13.9. The van der Waals surface area contributed by atoms with Crippen LogP contribution < -0.4 is 5.32 Å². The molecule has 0 spiro atoms. The summed E-state index contributed by atoms with van der Waals surface area (Å²) in [5.41, 5.74) is -9.46. The van der Waals surface area contributed by atoms with Crippen molar-refractivity contribution in [2.24, 2.45) is 5.92 Å². The first kappa shape index (κ1) is 36.2. The van der Waals surface area contributed by atoms with Gasteiger partial charge < -0.3 is 15.2 Å². The molecule has 4 rings (SSSR count). The lowest BCUT2D eigenvalue weighted by molar-refractivity contribution is -0.392. The van der Waals surface area contributed by atoms with Crippen LogP contribution in [-0.4, -0.2) is 43.9 Å². The van der Waals surface area contributed by atoms with E-state index in [9.17, 15) is 57.8 Å². The van der Waals surface area contributed by atoms with Crippen LogP contribution in [0.15, 0.2) is 71.6 Å². The molecule has 0 radical (unpaired) electrons. The number of sulfone groups is 1. The van der Waals surface area contributed by atoms with E-state index in [4.69, 9.17) is 0 Å². The minimum absolute atomic E-state index is 0.206. The molecule has 1 fully saturated rings. The molecule has 0 saturated heterocycles. The molecule has 1 saturated carbocycles. The Balaban J connectivity index is 1.79. The number of rotatable bonds is 10. The minimum Gasteiger partial charge on any atom is -0.389 e. The van der Waals surface area contributed by atoms with Crippen molar-refractivity contribution < 1.29 is 62.6 Å². The van der Waals surface area contributed by atoms with E-state index in [0.29, 0.717) is 36.4 Å². The molecule has 2 N–H and O–H groups in total. The summed E-state index contributed by atoms with van der Waals surface area (Å²) in [6.07, 6.45) is -13.4. The smallest absolute Gasteiger partial charge is 0.389 e. The lowest BCUT2D eigenvalue weighted by Crippen LogP contribution is -2.56. The second-order valence-corrected chi connectivity index (χ2v) is 14.1. The van der Waals surface area contributed by atoms with E-state index >= 15 is 0 Å². The van der Waals surface area contributed by atoms with Gasteiger partial charge >= 0.3 is 12.4 Å². The molecule has 0 aliphatic heterocycles. The van der Waals surface area contributed by atoms with Gasteiger partial charge in [0.25, 0.3) is 5.60 Å². The average Bonchev–Trinajstić information content (AvgIpc) is 2.92. The van der Waals surface area contributed by atoms with Crippen LogP contribution in [-0.2, 0) is 36.3 Å². The van der Waals surface area contributed by atoms with Gasteiger partial charge in [0.15, 0.2) is 9.84 Å². The highest BCUT2D eigenvalue weighted by atomic mass is 32.2. The molecule has 0 aromatic heterocycles. The average molecular weight is 698 g/mol. The summed E-state index contributed by atoms with van der Waals surface area (Å²) in [5.74, 6) is -5.33. The van der Waals surface area contributed by atoms with Crippen LogP contribution in [0.4, 0.5) is 39.5 Å². The molecule has 16 heteroatoms. The van der Waals surface area contributed by atoms with Crippen LogP contribution in [0.5, 0.6) is 0 Å². The Morgan fingerprint density at radius 1 is 0.872 bits per heavy atom. The van der Waals surface area contributed by atoms with Crippen LogP contribution in [0.2, 0.25) is 0 Å². The second kappa shape index (κ2) is 12.4. The highest BCUT2D eigenvalue weighted by Crippen LogP contribution is 2.56. The Kier molecular flexibility index (Phi) is 9.58. The van der Waals surface area contributed by atoms with E-state index in [0.717, 1.165) is 30.3 Å². The number of amides is 1. The molecule has 3 aromatic rings. The van der Waals surface area contributed by atoms with E-state index in [-0.39, 0.29) is 12.1 Å². The highest BCUT2D eigenvalue weighted by molar-refractivity contribution is 7.92. The summed E-state index contributed by atoms with van der Waals surface area (Å²) in [6.45, 7) is 0.820. The number of carbonyl (C=O) groups is 1. The maximum absolute atomic E-state index is 14.4. The molecule has 1 aliphatic rings.